The summed E-state index contributed by atoms with van der Waals surface area (Å²) >= 11 is 0. The van der Waals surface area contributed by atoms with Crippen LogP contribution >= 0.6 is 0 Å². The van der Waals surface area contributed by atoms with E-state index in [4.69, 9.17) is 0 Å². The van der Waals surface area contributed by atoms with E-state index in [0.717, 1.165) is 6.20 Å². The Bertz CT molecular complexity index is 359. The van der Waals surface area contributed by atoms with Crippen LogP contribution < -0.4 is 4.90 Å². The average molecular weight is 222 g/mol. The fourth-order valence-electron chi connectivity index (χ4n) is 1.13. The number of amides is 1. The second-order valence-electron chi connectivity index (χ2n) is 2.81. The Morgan fingerprint density at radius 2 is 2.20 bits per heavy atom. The Balaban J connectivity index is 3.01. The molecule has 0 radical (unpaired) electrons. The molecule has 0 unspecified atom stereocenters. The van der Waals surface area contributed by atoms with Crippen LogP contribution in [-0.2, 0) is 4.79 Å². The summed E-state index contributed by atoms with van der Waals surface area (Å²) in [7, 11) is 0. The van der Waals surface area contributed by atoms with Crippen molar-refractivity contribution in [3.63, 3.8) is 0 Å². The molecule has 1 amide bonds. The zero-order chi connectivity index (χ0) is 11.6. The molecular formula is C8H9F3N2O2. The number of hydrogen-bond acceptors (Lipinski definition) is 3. The van der Waals surface area contributed by atoms with Gasteiger partial charge in [0.2, 0.25) is 0 Å². The summed E-state index contributed by atoms with van der Waals surface area (Å²) in [6.45, 7) is 2.78. The number of carbonyl (C=O) groups is 1. The van der Waals surface area contributed by atoms with E-state index in [2.05, 4.69) is 9.68 Å². The number of hydrogen-bond donors (Lipinski definition) is 0. The van der Waals surface area contributed by atoms with Crippen LogP contribution in [-0.4, -0.2) is 23.8 Å². The quantitative estimate of drug-likeness (QED) is 0.767. The number of aryl methyl sites for hydroxylation is 1. The van der Waals surface area contributed by atoms with Gasteiger partial charge >= 0.3 is 12.1 Å². The zero-order valence-electron chi connectivity index (χ0n) is 8.13. The van der Waals surface area contributed by atoms with Crippen molar-refractivity contribution in [1.82, 2.24) is 5.16 Å². The van der Waals surface area contributed by atoms with Crippen LogP contribution in [0, 0.1) is 6.92 Å². The van der Waals surface area contributed by atoms with E-state index in [-0.39, 0.29) is 18.0 Å². The molecule has 0 aromatic carbocycles. The van der Waals surface area contributed by atoms with E-state index in [1.165, 1.54) is 13.8 Å². The fraction of sp³-hybridized carbons (Fsp3) is 0.500. The molecule has 0 atom stereocenters. The number of carbonyl (C=O) groups excluding carboxylic acids is 1. The Labute approximate surface area is 83.6 Å². The largest absolute Gasteiger partial charge is 0.471 e. The molecule has 0 aliphatic heterocycles. The predicted molar refractivity (Wildman–Crippen MR) is 45.3 cm³/mol. The van der Waals surface area contributed by atoms with Gasteiger partial charge in [0.15, 0.2) is 5.76 Å². The maximum atomic E-state index is 12.2. The van der Waals surface area contributed by atoms with E-state index >= 15 is 0 Å². The summed E-state index contributed by atoms with van der Waals surface area (Å²) in [6.07, 6.45) is -3.80. The first kappa shape index (κ1) is 11.5. The molecule has 0 fully saturated rings. The van der Waals surface area contributed by atoms with Crippen molar-refractivity contribution < 1.29 is 22.5 Å². The number of halogens is 3. The van der Waals surface area contributed by atoms with Gasteiger partial charge in [0, 0.05) is 6.54 Å². The third kappa shape index (κ3) is 2.28. The van der Waals surface area contributed by atoms with E-state index in [1.54, 1.807) is 0 Å². The van der Waals surface area contributed by atoms with Crippen LogP contribution in [0.25, 0.3) is 0 Å². The molecule has 84 valence electrons. The summed E-state index contributed by atoms with van der Waals surface area (Å²) in [5.74, 6) is -1.74. The molecule has 0 saturated carbocycles. The van der Waals surface area contributed by atoms with Crippen molar-refractivity contribution in [1.29, 1.82) is 0 Å². The normalized spacial score (nSPS) is 11.5. The number of nitrogens with zero attached hydrogens (tertiary/aromatic N) is 2. The maximum Gasteiger partial charge on any atom is 0.471 e. The van der Waals surface area contributed by atoms with Gasteiger partial charge in [-0.05, 0) is 13.8 Å². The van der Waals surface area contributed by atoms with Crippen LogP contribution in [0.3, 0.4) is 0 Å². The number of anilines is 1. The molecule has 0 saturated heterocycles. The van der Waals surface area contributed by atoms with Crippen LogP contribution in [0.2, 0.25) is 0 Å². The van der Waals surface area contributed by atoms with Gasteiger partial charge in [-0.15, -0.1) is 0 Å². The minimum atomic E-state index is -4.89. The molecule has 0 N–H and O–H groups in total. The Hall–Kier alpha value is -1.53. The van der Waals surface area contributed by atoms with E-state index in [9.17, 15) is 18.0 Å². The topological polar surface area (TPSA) is 46.3 Å². The van der Waals surface area contributed by atoms with Crippen LogP contribution in [0.5, 0.6) is 0 Å². The van der Waals surface area contributed by atoms with Gasteiger partial charge in [0.25, 0.3) is 0 Å². The summed E-state index contributed by atoms with van der Waals surface area (Å²) in [6, 6.07) is 0. The number of aromatic nitrogens is 1. The summed E-state index contributed by atoms with van der Waals surface area (Å²) in [5.41, 5.74) is 0.0415. The van der Waals surface area contributed by atoms with E-state index in [1.807, 2.05) is 0 Å². The van der Waals surface area contributed by atoms with Gasteiger partial charge in [-0.25, -0.2) is 0 Å². The lowest BCUT2D eigenvalue weighted by molar-refractivity contribution is -0.170. The Morgan fingerprint density at radius 1 is 1.60 bits per heavy atom. The second kappa shape index (κ2) is 3.92. The predicted octanol–water partition coefficient (Wildman–Crippen LogP) is 1.90. The minimum absolute atomic E-state index is 0.0415. The lowest BCUT2D eigenvalue weighted by Crippen LogP contribution is -2.41. The van der Waals surface area contributed by atoms with Gasteiger partial charge in [0.05, 0.1) is 6.20 Å². The molecular weight excluding hydrogens is 213 g/mol. The highest BCUT2D eigenvalue weighted by Gasteiger charge is 2.43. The third-order valence-electron chi connectivity index (χ3n) is 1.82. The maximum absolute atomic E-state index is 12.2. The van der Waals surface area contributed by atoms with Crippen LogP contribution in [0.1, 0.15) is 12.7 Å². The molecule has 0 bridgehead atoms. The fourth-order valence-corrected chi connectivity index (χ4v) is 1.13. The van der Waals surface area contributed by atoms with Crippen molar-refractivity contribution in [2.75, 3.05) is 11.4 Å². The molecule has 15 heavy (non-hydrogen) atoms. The Kier molecular flexibility index (Phi) is 3.01. The van der Waals surface area contributed by atoms with Gasteiger partial charge < -0.3 is 9.42 Å². The van der Waals surface area contributed by atoms with Crippen molar-refractivity contribution >= 4 is 11.6 Å². The van der Waals surface area contributed by atoms with Crippen molar-refractivity contribution in [3.05, 3.63) is 12.0 Å². The van der Waals surface area contributed by atoms with Gasteiger partial charge in [-0.1, -0.05) is 5.16 Å². The van der Waals surface area contributed by atoms with Gasteiger partial charge in [0.1, 0.15) is 5.69 Å². The zero-order valence-corrected chi connectivity index (χ0v) is 8.13. The molecule has 4 nitrogen and oxygen atoms in total. The standard InChI is InChI=1S/C8H9F3N2O2/c1-3-13(7(14)8(9,10)11)6-4-12-15-5(6)2/h4H,3H2,1-2H3. The van der Waals surface area contributed by atoms with Crippen LogP contribution in [0.15, 0.2) is 10.7 Å². The average Bonchev–Trinajstić information content (AvgIpc) is 2.52. The third-order valence-corrected chi connectivity index (χ3v) is 1.82. The highest BCUT2D eigenvalue weighted by molar-refractivity contribution is 5.97. The first-order valence-electron chi connectivity index (χ1n) is 4.18. The summed E-state index contributed by atoms with van der Waals surface area (Å²) in [5, 5.41) is 3.32. The van der Waals surface area contributed by atoms with E-state index in [0.29, 0.717) is 4.90 Å². The second-order valence-corrected chi connectivity index (χ2v) is 2.81. The molecule has 0 aliphatic carbocycles. The smallest absolute Gasteiger partial charge is 0.359 e. The molecule has 1 rings (SSSR count). The SMILES string of the molecule is CCN(C(=O)C(F)(F)F)c1cnoc1C. The summed E-state index contributed by atoms with van der Waals surface area (Å²) in [4.78, 5) is 11.6. The van der Waals surface area contributed by atoms with Crippen molar-refractivity contribution in [2.45, 2.75) is 20.0 Å². The molecule has 1 heterocycles. The molecule has 7 heteroatoms. The minimum Gasteiger partial charge on any atom is -0.359 e. The lowest BCUT2D eigenvalue weighted by Gasteiger charge is -2.20. The molecule has 1 aromatic heterocycles. The Morgan fingerprint density at radius 3 is 2.53 bits per heavy atom. The van der Waals surface area contributed by atoms with Crippen LogP contribution in [0.4, 0.5) is 18.9 Å². The summed E-state index contributed by atoms with van der Waals surface area (Å²) < 4.78 is 41.1. The monoisotopic (exact) mass is 222 g/mol. The first-order valence-corrected chi connectivity index (χ1v) is 4.18. The lowest BCUT2D eigenvalue weighted by atomic mass is 10.3. The molecule has 0 aliphatic rings. The van der Waals surface area contributed by atoms with Gasteiger partial charge in [-0.3, -0.25) is 4.79 Å². The molecule has 1 aromatic rings. The van der Waals surface area contributed by atoms with Crippen molar-refractivity contribution in [3.8, 4) is 0 Å². The number of alkyl halides is 3. The van der Waals surface area contributed by atoms with E-state index < -0.39 is 12.1 Å². The highest BCUT2D eigenvalue weighted by atomic mass is 19.4. The highest BCUT2D eigenvalue weighted by Crippen LogP contribution is 2.25. The molecule has 0 spiro atoms. The van der Waals surface area contributed by atoms with Gasteiger partial charge in [-0.2, -0.15) is 13.2 Å². The first-order chi connectivity index (χ1) is 6.88. The van der Waals surface area contributed by atoms with Crippen molar-refractivity contribution in [2.24, 2.45) is 0 Å². The number of rotatable bonds is 2.